The molecule has 70 valence electrons. The fourth-order valence-corrected chi connectivity index (χ4v) is 1.63. The Hall–Kier alpha value is -0.570. The normalized spacial score (nSPS) is 24.3. The molecule has 3 heteroatoms. The van der Waals surface area contributed by atoms with Gasteiger partial charge in [-0.1, -0.05) is 0 Å². The fourth-order valence-electron chi connectivity index (χ4n) is 1.63. The Balaban J connectivity index is 2.10. The second-order valence-electron chi connectivity index (χ2n) is 3.37. The molecule has 1 fully saturated rings. The Morgan fingerprint density at radius 3 is 2.92 bits per heavy atom. The third-order valence-electron chi connectivity index (χ3n) is 2.37. The average molecular weight is 171 g/mol. The standard InChI is InChI=1S/C9H17NO2/c1-8-4-3-5-10(8)6-7-12-9(2)11/h8H,3-7H2,1-2H3/t8-/m0/s1. The Bertz CT molecular complexity index is 159. The zero-order valence-corrected chi connectivity index (χ0v) is 7.88. The topological polar surface area (TPSA) is 29.5 Å². The number of carbonyl (C=O) groups excluding carboxylic acids is 1. The smallest absolute Gasteiger partial charge is 0.302 e. The predicted molar refractivity (Wildman–Crippen MR) is 46.9 cm³/mol. The highest BCUT2D eigenvalue weighted by Gasteiger charge is 2.19. The van der Waals surface area contributed by atoms with Crippen LogP contribution < -0.4 is 0 Å². The number of nitrogens with zero attached hydrogens (tertiary/aromatic N) is 1. The minimum absolute atomic E-state index is 0.179. The molecule has 1 atom stereocenters. The summed E-state index contributed by atoms with van der Waals surface area (Å²) in [6.07, 6.45) is 2.56. The van der Waals surface area contributed by atoms with Crippen LogP contribution in [-0.2, 0) is 9.53 Å². The van der Waals surface area contributed by atoms with Crippen molar-refractivity contribution in [3.8, 4) is 0 Å². The van der Waals surface area contributed by atoms with Crippen LogP contribution in [0.5, 0.6) is 0 Å². The van der Waals surface area contributed by atoms with Gasteiger partial charge in [-0.2, -0.15) is 0 Å². The van der Waals surface area contributed by atoms with Crippen LogP contribution in [0.3, 0.4) is 0 Å². The lowest BCUT2D eigenvalue weighted by atomic mass is 10.2. The van der Waals surface area contributed by atoms with Crippen molar-refractivity contribution < 1.29 is 9.53 Å². The van der Waals surface area contributed by atoms with Gasteiger partial charge in [0.25, 0.3) is 0 Å². The molecule has 0 aromatic rings. The Kier molecular flexibility index (Phi) is 3.53. The van der Waals surface area contributed by atoms with Gasteiger partial charge in [0.15, 0.2) is 0 Å². The number of ether oxygens (including phenoxy) is 1. The summed E-state index contributed by atoms with van der Waals surface area (Å²) in [5.41, 5.74) is 0. The van der Waals surface area contributed by atoms with E-state index in [1.165, 1.54) is 19.8 Å². The third-order valence-corrected chi connectivity index (χ3v) is 2.37. The van der Waals surface area contributed by atoms with E-state index in [1.807, 2.05) is 0 Å². The summed E-state index contributed by atoms with van der Waals surface area (Å²) < 4.78 is 4.87. The molecule has 1 rings (SSSR count). The summed E-state index contributed by atoms with van der Waals surface area (Å²) >= 11 is 0. The minimum Gasteiger partial charge on any atom is -0.465 e. The molecule has 0 aromatic heterocycles. The van der Waals surface area contributed by atoms with Crippen LogP contribution in [0.25, 0.3) is 0 Å². The zero-order valence-electron chi connectivity index (χ0n) is 7.88. The summed E-state index contributed by atoms with van der Waals surface area (Å²) in [4.78, 5) is 12.8. The van der Waals surface area contributed by atoms with Crippen molar-refractivity contribution in [3.05, 3.63) is 0 Å². The Labute approximate surface area is 73.7 Å². The van der Waals surface area contributed by atoms with E-state index in [0.29, 0.717) is 12.6 Å². The van der Waals surface area contributed by atoms with Crippen LogP contribution in [0.15, 0.2) is 0 Å². The predicted octanol–water partition coefficient (Wildman–Crippen LogP) is 1.03. The Morgan fingerprint density at radius 2 is 2.42 bits per heavy atom. The largest absolute Gasteiger partial charge is 0.465 e. The molecule has 1 heterocycles. The van der Waals surface area contributed by atoms with E-state index in [0.717, 1.165) is 13.1 Å². The van der Waals surface area contributed by atoms with E-state index < -0.39 is 0 Å². The van der Waals surface area contributed by atoms with Gasteiger partial charge in [0, 0.05) is 19.5 Å². The van der Waals surface area contributed by atoms with E-state index in [1.54, 1.807) is 0 Å². The molecule has 1 aliphatic rings. The van der Waals surface area contributed by atoms with Gasteiger partial charge in [-0.15, -0.1) is 0 Å². The first-order valence-electron chi connectivity index (χ1n) is 4.57. The van der Waals surface area contributed by atoms with Crippen LogP contribution in [-0.4, -0.2) is 36.6 Å². The van der Waals surface area contributed by atoms with Crippen molar-refractivity contribution in [2.45, 2.75) is 32.7 Å². The maximum absolute atomic E-state index is 10.5. The third kappa shape index (κ3) is 2.81. The van der Waals surface area contributed by atoms with Crippen molar-refractivity contribution >= 4 is 5.97 Å². The molecule has 1 saturated heterocycles. The minimum atomic E-state index is -0.179. The van der Waals surface area contributed by atoms with Crippen molar-refractivity contribution in [2.24, 2.45) is 0 Å². The highest BCUT2D eigenvalue weighted by Crippen LogP contribution is 2.15. The van der Waals surface area contributed by atoms with E-state index in [-0.39, 0.29) is 5.97 Å². The molecule has 0 saturated carbocycles. The molecule has 0 aromatic carbocycles. The van der Waals surface area contributed by atoms with Gasteiger partial charge in [-0.3, -0.25) is 9.69 Å². The van der Waals surface area contributed by atoms with E-state index >= 15 is 0 Å². The monoisotopic (exact) mass is 171 g/mol. The number of esters is 1. The molecule has 0 radical (unpaired) electrons. The maximum Gasteiger partial charge on any atom is 0.302 e. The summed E-state index contributed by atoms with van der Waals surface area (Å²) in [6, 6.07) is 0.667. The Morgan fingerprint density at radius 1 is 1.67 bits per heavy atom. The summed E-state index contributed by atoms with van der Waals surface area (Å²) in [7, 11) is 0. The van der Waals surface area contributed by atoms with E-state index in [2.05, 4.69) is 11.8 Å². The molecule has 0 N–H and O–H groups in total. The zero-order chi connectivity index (χ0) is 8.97. The molecule has 1 aliphatic heterocycles. The lowest BCUT2D eigenvalue weighted by molar-refractivity contribution is -0.141. The van der Waals surface area contributed by atoms with Crippen LogP contribution in [0, 0.1) is 0 Å². The van der Waals surface area contributed by atoms with Crippen LogP contribution >= 0.6 is 0 Å². The SMILES string of the molecule is CC(=O)OCCN1CCC[C@@H]1C. The molecule has 12 heavy (non-hydrogen) atoms. The van der Waals surface area contributed by atoms with Crippen LogP contribution in [0.1, 0.15) is 26.7 Å². The molecule has 0 amide bonds. The van der Waals surface area contributed by atoms with Crippen molar-refractivity contribution in [2.75, 3.05) is 19.7 Å². The first-order valence-corrected chi connectivity index (χ1v) is 4.57. The van der Waals surface area contributed by atoms with Gasteiger partial charge in [0.2, 0.25) is 0 Å². The quantitative estimate of drug-likeness (QED) is 0.594. The maximum atomic E-state index is 10.5. The summed E-state index contributed by atoms with van der Waals surface area (Å²) in [6.45, 7) is 6.26. The van der Waals surface area contributed by atoms with Crippen LogP contribution in [0.4, 0.5) is 0 Å². The fraction of sp³-hybridized carbons (Fsp3) is 0.889. The molecular formula is C9H17NO2. The lowest BCUT2D eigenvalue weighted by Crippen LogP contribution is -2.30. The van der Waals surface area contributed by atoms with Gasteiger partial charge in [0.05, 0.1) is 0 Å². The average Bonchev–Trinajstić information content (AvgIpc) is 2.36. The van der Waals surface area contributed by atoms with Gasteiger partial charge in [-0.25, -0.2) is 0 Å². The van der Waals surface area contributed by atoms with Gasteiger partial charge < -0.3 is 4.74 Å². The summed E-state index contributed by atoms with van der Waals surface area (Å²) in [5, 5.41) is 0. The molecule has 0 spiro atoms. The lowest BCUT2D eigenvalue weighted by Gasteiger charge is -2.19. The highest BCUT2D eigenvalue weighted by molar-refractivity contribution is 5.65. The highest BCUT2D eigenvalue weighted by atomic mass is 16.5. The van der Waals surface area contributed by atoms with Crippen molar-refractivity contribution in [1.29, 1.82) is 0 Å². The second-order valence-corrected chi connectivity index (χ2v) is 3.37. The first kappa shape index (κ1) is 9.52. The molecule has 3 nitrogen and oxygen atoms in total. The molecule has 0 bridgehead atoms. The first-order chi connectivity index (χ1) is 5.70. The molecule has 0 unspecified atom stereocenters. The van der Waals surface area contributed by atoms with Gasteiger partial charge in [-0.05, 0) is 26.3 Å². The molecular weight excluding hydrogens is 154 g/mol. The number of likely N-dealkylation sites (tertiary alicyclic amines) is 1. The number of hydrogen-bond donors (Lipinski definition) is 0. The van der Waals surface area contributed by atoms with Crippen LogP contribution in [0.2, 0.25) is 0 Å². The number of rotatable bonds is 3. The van der Waals surface area contributed by atoms with Gasteiger partial charge >= 0.3 is 5.97 Å². The van der Waals surface area contributed by atoms with Crippen molar-refractivity contribution in [1.82, 2.24) is 4.90 Å². The summed E-state index contributed by atoms with van der Waals surface area (Å²) in [5.74, 6) is -0.179. The number of hydrogen-bond acceptors (Lipinski definition) is 3. The second kappa shape index (κ2) is 4.45. The van der Waals surface area contributed by atoms with E-state index in [9.17, 15) is 4.79 Å². The van der Waals surface area contributed by atoms with Gasteiger partial charge in [0.1, 0.15) is 6.61 Å². The van der Waals surface area contributed by atoms with Crippen molar-refractivity contribution in [3.63, 3.8) is 0 Å². The van der Waals surface area contributed by atoms with E-state index in [4.69, 9.17) is 4.74 Å². The molecule has 0 aliphatic carbocycles. The number of carbonyl (C=O) groups is 1.